The lowest BCUT2D eigenvalue weighted by atomic mass is 10.4. The van der Waals surface area contributed by atoms with Gasteiger partial charge in [0, 0.05) is 12.2 Å². The molecule has 2 heterocycles. The first-order valence-corrected chi connectivity index (χ1v) is 4.83. The van der Waals surface area contributed by atoms with E-state index in [1.165, 1.54) is 6.33 Å². The van der Waals surface area contributed by atoms with Crippen molar-refractivity contribution in [2.75, 3.05) is 0 Å². The summed E-state index contributed by atoms with van der Waals surface area (Å²) in [4.78, 5) is 8.13. The molecule has 0 saturated carbocycles. The minimum Gasteiger partial charge on any atom is -0.244 e. The van der Waals surface area contributed by atoms with Crippen molar-refractivity contribution in [3.8, 4) is 0 Å². The van der Waals surface area contributed by atoms with Crippen LogP contribution in [-0.2, 0) is 0 Å². The largest absolute Gasteiger partial charge is 0.244 e. The van der Waals surface area contributed by atoms with Crippen molar-refractivity contribution in [1.82, 2.24) is 19.7 Å². The normalized spacial score (nSPS) is 11.4. The van der Waals surface area contributed by atoms with Gasteiger partial charge in [0.05, 0.1) is 5.39 Å². The summed E-state index contributed by atoms with van der Waals surface area (Å²) >= 11 is 3.37. The third-order valence-corrected chi connectivity index (χ3v) is 2.40. The maximum Gasteiger partial charge on any atom is 0.162 e. The summed E-state index contributed by atoms with van der Waals surface area (Å²) < 4.78 is 2.68. The highest BCUT2D eigenvalue weighted by Crippen LogP contribution is 2.22. The van der Waals surface area contributed by atoms with Crippen LogP contribution in [0.2, 0.25) is 0 Å². The molecule has 0 aliphatic heterocycles. The minimum absolute atomic E-state index is 0.309. The topological polar surface area (TPSA) is 43.6 Å². The van der Waals surface area contributed by atoms with Crippen LogP contribution in [-0.4, -0.2) is 19.7 Å². The first kappa shape index (κ1) is 8.62. The SMILES string of the molecule is CC(C)n1nc(Br)c2cncnc21. The molecule has 0 saturated heterocycles. The van der Waals surface area contributed by atoms with E-state index in [0.29, 0.717) is 6.04 Å². The Balaban J connectivity index is 2.78. The summed E-state index contributed by atoms with van der Waals surface area (Å²) in [6.07, 6.45) is 3.30. The lowest BCUT2D eigenvalue weighted by molar-refractivity contribution is 0.543. The van der Waals surface area contributed by atoms with Crippen LogP contribution in [0.3, 0.4) is 0 Å². The molecule has 5 heteroatoms. The number of aromatic nitrogens is 4. The summed E-state index contributed by atoms with van der Waals surface area (Å²) in [6.45, 7) is 4.14. The monoisotopic (exact) mass is 240 g/mol. The van der Waals surface area contributed by atoms with E-state index in [1.807, 2.05) is 4.68 Å². The van der Waals surface area contributed by atoms with Crippen LogP contribution in [0.15, 0.2) is 17.1 Å². The van der Waals surface area contributed by atoms with Gasteiger partial charge >= 0.3 is 0 Å². The molecule has 0 fully saturated rings. The van der Waals surface area contributed by atoms with Crippen molar-refractivity contribution in [3.05, 3.63) is 17.1 Å². The van der Waals surface area contributed by atoms with Crippen LogP contribution in [0, 0.1) is 0 Å². The summed E-state index contributed by atoms with van der Waals surface area (Å²) in [5.41, 5.74) is 0.872. The van der Waals surface area contributed by atoms with Gasteiger partial charge in [-0.05, 0) is 29.8 Å². The molecule has 0 atom stereocenters. The van der Waals surface area contributed by atoms with Crippen LogP contribution in [0.1, 0.15) is 19.9 Å². The van der Waals surface area contributed by atoms with E-state index in [2.05, 4.69) is 44.8 Å². The molecule has 0 unspecified atom stereocenters. The molecule has 0 aliphatic rings. The molecular formula is C8H9BrN4. The zero-order valence-electron chi connectivity index (χ0n) is 7.40. The highest BCUT2D eigenvalue weighted by atomic mass is 79.9. The average molecular weight is 241 g/mol. The Morgan fingerprint density at radius 2 is 2.23 bits per heavy atom. The molecule has 0 bridgehead atoms. The summed E-state index contributed by atoms with van der Waals surface area (Å²) in [5.74, 6) is 0. The summed E-state index contributed by atoms with van der Waals surface area (Å²) in [5, 5.41) is 5.27. The van der Waals surface area contributed by atoms with Crippen LogP contribution in [0.4, 0.5) is 0 Å². The zero-order valence-corrected chi connectivity index (χ0v) is 8.98. The second-order valence-corrected chi connectivity index (χ2v) is 3.84. The lowest BCUT2D eigenvalue weighted by Crippen LogP contribution is -2.03. The maximum absolute atomic E-state index is 4.32. The molecule has 0 radical (unpaired) electrons. The number of hydrogen-bond donors (Lipinski definition) is 0. The number of fused-ring (bicyclic) bond motifs is 1. The van der Waals surface area contributed by atoms with Crippen molar-refractivity contribution in [3.63, 3.8) is 0 Å². The third kappa shape index (κ3) is 1.33. The molecule has 4 nitrogen and oxygen atoms in total. The van der Waals surface area contributed by atoms with Crippen molar-refractivity contribution in [2.45, 2.75) is 19.9 Å². The third-order valence-electron chi connectivity index (χ3n) is 1.82. The highest BCUT2D eigenvalue weighted by Gasteiger charge is 2.10. The molecule has 0 N–H and O–H groups in total. The fourth-order valence-electron chi connectivity index (χ4n) is 1.21. The lowest BCUT2D eigenvalue weighted by Gasteiger charge is -2.04. The molecule has 2 aromatic rings. The van der Waals surface area contributed by atoms with Gasteiger partial charge in [-0.15, -0.1) is 0 Å². The van der Waals surface area contributed by atoms with Crippen LogP contribution >= 0.6 is 15.9 Å². The number of nitrogens with zero attached hydrogens (tertiary/aromatic N) is 4. The van der Waals surface area contributed by atoms with Gasteiger partial charge in [-0.2, -0.15) is 5.10 Å². The number of halogens is 1. The van der Waals surface area contributed by atoms with E-state index in [0.717, 1.165) is 15.6 Å². The first-order chi connectivity index (χ1) is 6.20. The van der Waals surface area contributed by atoms with Crippen molar-refractivity contribution in [1.29, 1.82) is 0 Å². The van der Waals surface area contributed by atoms with Gasteiger partial charge in [0.15, 0.2) is 5.65 Å². The first-order valence-electron chi connectivity index (χ1n) is 4.04. The number of rotatable bonds is 1. The van der Waals surface area contributed by atoms with E-state index in [9.17, 15) is 0 Å². The molecule has 13 heavy (non-hydrogen) atoms. The van der Waals surface area contributed by atoms with Gasteiger partial charge in [-0.25, -0.2) is 14.6 Å². The van der Waals surface area contributed by atoms with E-state index < -0.39 is 0 Å². The van der Waals surface area contributed by atoms with Gasteiger partial charge < -0.3 is 0 Å². The Hall–Kier alpha value is -0.970. The Morgan fingerprint density at radius 1 is 1.46 bits per heavy atom. The van der Waals surface area contributed by atoms with Crippen LogP contribution in [0.5, 0.6) is 0 Å². The van der Waals surface area contributed by atoms with E-state index >= 15 is 0 Å². The maximum atomic E-state index is 4.32. The van der Waals surface area contributed by atoms with Crippen LogP contribution in [0.25, 0.3) is 11.0 Å². The second-order valence-electron chi connectivity index (χ2n) is 3.09. The fourth-order valence-corrected chi connectivity index (χ4v) is 1.66. The molecule has 0 aliphatic carbocycles. The predicted molar refractivity (Wildman–Crippen MR) is 53.4 cm³/mol. The molecule has 0 aromatic carbocycles. The molecule has 2 aromatic heterocycles. The highest BCUT2D eigenvalue weighted by molar-refractivity contribution is 9.10. The fraction of sp³-hybridized carbons (Fsp3) is 0.375. The van der Waals surface area contributed by atoms with Gasteiger partial charge in [-0.3, -0.25) is 0 Å². The summed E-state index contributed by atoms with van der Waals surface area (Å²) in [7, 11) is 0. The smallest absolute Gasteiger partial charge is 0.162 e. The minimum atomic E-state index is 0.309. The predicted octanol–water partition coefficient (Wildman–Crippen LogP) is 2.17. The van der Waals surface area contributed by atoms with Crippen molar-refractivity contribution < 1.29 is 0 Å². The second kappa shape index (κ2) is 3.06. The standard InChI is InChI=1S/C8H9BrN4/c1-5(2)13-8-6(7(9)12-13)3-10-4-11-8/h3-5H,1-2H3. The Kier molecular flexibility index (Phi) is 2.03. The Labute approximate surface area is 84.1 Å². The van der Waals surface area contributed by atoms with Gasteiger partial charge in [0.2, 0.25) is 0 Å². The molecule has 0 amide bonds. The summed E-state index contributed by atoms with van der Waals surface area (Å²) in [6, 6.07) is 0.309. The van der Waals surface area contributed by atoms with Gasteiger partial charge in [0.1, 0.15) is 10.9 Å². The molecular weight excluding hydrogens is 232 g/mol. The van der Waals surface area contributed by atoms with Crippen molar-refractivity contribution >= 4 is 27.0 Å². The van der Waals surface area contributed by atoms with E-state index in [-0.39, 0.29) is 0 Å². The molecule has 2 rings (SSSR count). The van der Waals surface area contributed by atoms with E-state index in [1.54, 1.807) is 6.20 Å². The van der Waals surface area contributed by atoms with Crippen molar-refractivity contribution in [2.24, 2.45) is 0 Å². The average Bonchev–Trinajstić information content (AvgIpc) is 2.45. The number of hydrogen-bond acceptors (Lipinski definition) is 3. The van der Waals surface area contributed by atoms with Crippen LogP contribution < -0.4 is 0 Å². The van der Waals surface area contributed by atoms with E-state index in [4.69, 9.17) is 0 Å². The molecule has 68 valence electrons. The van der Waals surface area contributed by atoms with Gasteiger partial charge in [0.25, 0.3) is 0 Å². The molecule has 0 spiro atoms. The quantitative estimate of drug-likeness (QED) is 0.768. The Morgan fingerprint density at radius 3 is 2.92 bits per heavy atom. The van der Waals surface area contributed by atoms with Gasteiger partial charge in [-0.1, -0.05) is 0 Å². The zero-order chi connectivity index (χ0) is 9.42. The Bertz CT molecular complexity index is 435.